The van der Waals surface area contributed by atoms with Gasteiger partial charge in [-0.05, 0) is 30.6 Å². The summed E-state index contributed by atoms with van der Waals surface area (Å²) in [5.74, 6) is -2.21. The number of ketones is 1. The Kier molecular flexibility index (Phi) is 18.1. The molecule has 0 spiro atoms. The van der Waals surface area contributed by atoms with Crippen molar-refractivity contribution in [3.8, 4) is 0 Å². The average molecular weight is 576 g/mol. The number of aliphatic hydroxyl groups is 5. The highest BCUT2D eigenvalue weighted by atomic mass is 16.4. The van der Waals surface area contributed by atoms with Crippen molar-refractivity contribution < 1.29 is 44.7 Å². The maximum atomic E-state index is 13.2. The molecular weight excluding hydrogens is 522 g/mol. The lowest BCUT2D eigenvalue weighted by molar-refractivity contribution is -0.134. The first-order valence-electron chi connectivity index (χ1n) is 14.2. The summed E-state index contributed by atoms with van der Waals surface area (Å²) in [6, 6.07) is -0.784. The zero-order valence-electron chi connectivity index (χ0n) is 25.1. The second kappa shape index (κ2) is 19.1. The van der Waals surface area contributed by atoms with Gasteiger partial charge in [-0.15, -0.1) is 0 Å². The van der Waals surface area contributed by atoms with Crippen molar-refractivity contribution in [2.45, 2.75) is 105 Å². The van der Waals surface area contributed by atoms with E-state index in [4.69, 9.17) is 5.11 Å². The summed E-state index contributed by atoms with van der Waals surface area (Å²) in [5.41, 5.74) is 0. The first-order valence-corrected chi connectivity index (χ1v) is 14.2. The van der Waals surface area contributed by atoms with Crippen molar-refractivity contribution in [1.29, 1.82) is 0 Å². The summed E-state index contributed by atoms with van der Waals surface area (Å²) in [7, 11) is 0. The van der Waals surface area contributed by atoms with Crippen molar-refractivity contribution in [3.05, 3.63) is 0 Å². The van der Waals surface area contributed by atoms with E-state index in [1.165, 1.54) is 0 Å². The number of carbonyl (C=O) groups is 4. The Hall–Kier alpha value is -2.12. The molecule has 3 amide bonds. The standard InChI is InChI=1S/C28H53N3O9/c1-15(2)10-19(8-9-23(36)29-13-21(34)25(37)26(38)22(35)14-32)28(40)31-24(17(5)6)20(33)11-18(7)27(39)30-12-16(3)4/h15-19,21-22,24-26,32,34-35,37-38H,8-14H2,1-7H3,(H,29,36)(H,30,39)(H,31,40)/t18-,19-,21+,22-,24+,25-,26-/m1/s1. The first kappa shape index (κ1) is 37.9. The van der Waals surface area contributed by atoms with E-state index in [1.54, 1.807) is 6.92 Å². The summed E-state index contributed by atoms with van der Waals surface area (Å²) in [4.78, 5) is 51.0. The molecule has 12 nitrogen and oxygen atoms in total. The number of amides is 3. The Morgan fingerprint density at radius 3 is 1.80 bits per heavy atom. The lowest BCUT2D eigenvalue weighted by atomic mass is 9.89. The van der Waals surface area contributed by atoms with Crippen LogP contribution in [0.15, 0.2) is 0 Å². The van der Waals surface area contributed by atoms with E-state index in [2.05, 4.69) is 16.0 Å². The minimum Gasteiger partial charge on any atom is -0.394 e. The van der Waals surface area contributed by atoms with E-state index in [0.717, 1.165) is 0 Å². The fourth-order valence-corrected chi connectivity index (χ4v) is 4.11. The van der Waals surface area contributed by atoms with E-state index >= 15 is 0 Å². The molecule has 0 rings (SSSR count). The van der Waals surface area contributed by atoms with Crippen molar-refractivity contribution in [3.63, 3.8) is 0 Å². The van der Waals surface area contributed by atoms with Crippen molar-refractivity contribution in [1.82, 2.24) is 16.0 Å². The van der Waals surface area contributed by atoms with Gasteiger partial charge < -0.3 is 41.5 Å². The smallest absolute Gasteiger partial charge is 0.223 e. The van der Waals surface area contributed by atoms with Crippen molar-refractivity contribution in [2.24, 2.45) is 29.6 Å². The highest BCUT2D eigenvalue weighted by molar-refractivity contribution is 5.93. The molecule has 0 aliphatic heterocycles. The molecule has 8 N–H and O–H groups in total. The van der Waals surface area contributed by atoms with Gasteiger partial charge in [0, 0.05) is 37.8 Å². The van der Waals surface area contributed by atoms with Crippen LogP contribution in [0.3, 0.4) is 0 Å². The van der Waals surface area contributed by atoms with Crippen molar-refractivity contribution >= 4 is 23.5 Å². The predicted octanol–water partition coefficient (Wildman–Crippen LogP) is -0.511. The molecule has 0 saturated heterocycles. The number of rotatable bonds is 20. The fraction of sp³-hybridized carbons (Fsp3) is 0.857. The monoisotopic (exact) mass is 575 g/mol. The van der Waals surface area contributed by atoms with Crippen molar-refractivity contribution in [2.75, 3.05) is 19.7 Å². The van der Waals surface area contributed by atoms with Gasteiger partial charge in [0.05, 0.1) is 18.8 Å². The van der Waals surface area contributed by atoms with Crippen LogP contribution in [0, 0.1) is 29.6 Å². The molecule has 234 valence electrons. The SMILES string of the molecule is CC(C)CNC(=O)[C@H](C)CC(=O)[C@@H](NC(=O)[C@H](CCC(=O)NC[C@H](O)[C@@H](O)[C@H](O)[C@H](O)CO)CC(C)C)C(C)C. The fourth-order valence-electron chi connectivity index (χ4n) is 4.11. The number of nitrogens with one attached hydrogen (secondary N) is 3. The van der Waals surface area contributed by atoms with Crippen LogP contribution in [-0.4, -0.2) is 99.2 Å². The lowest BCUT2D eigenvalue weighted by Gasteiger charge is -2.26. The van der Waals surface area contributed by atoms with Crippen LogP contribution in [0.1, 0.15) is 74.1 Å². The summed E-state index contributed by atoms with van der Waals surface area (Å²) in [5, 5.41) is 55.9. The molecule has 12 heteroatoms. The van der Waals surface area contributed by atoms with Gasteiger partial charge in [0.25, 0.3) is 0 Å². The zero-order chi connectivity index (χ0) is 31.2. The Morgan fingerprint density at radius 1 is 0.725 bits per heavy atom. The van der Waals surface area contributed by atoms with Gasteiger partial charge in [-0.25, -0.2) is 0 Å². The molecule has 0 saturated carbocycles. The molecule has 0 aromatic heterocycles. The largest absolute Gasteiger partial charge is 0.394 e. The first-order chi connectivity index (χ1) is 18.5. The van der Waals surface area contributed by atoms with Crippen LogP contribution in [-0.2, 0) is 19.2 Å². The van der Waals surface area contributed by atoms with Gasteiger partial charge >= 0.3 is 0 Å². The third kappa shape index (κ3) is 14.5. The van der Waals surface area contributed by atoms with Gasteiger partial charge in [0.1, 0.15) is 18.3 Å². The molecule has 0 radical (unpaired) electrons. The molecular formula is C28H53N3O9. The predicted molar refractivity (Wildman–Crippen MR) is 150 cm³/mol. The van der Waals surface area contributed by atoms with Crippen LogP contribution >= 0.6 is 0 Å². The molecule has 7 atom stereocenters. The topological polar surface area (TPSA) is 206 Å². The molecule has 0 aliphatic carbocycles. The summed E-state index contributed by atoms with van der Waals surface area (Å²) in [6.45, 7) is 12.4. The molecule has 0 fully saturated rings. The van der Waals surface area contributed by atoms with Gasteiger partial charge in [-0.3, -0.25) is 19.2 Å². The molecule has 40 heavy (non-hydrogen) atoms. The Balaban J connectivity index is 5.11. The molecule has 0 heterocycles. The van der Waals surface area contributed by atoms with Gasteiger partial charge in [-0.2, -0.15) is 0 Å². The third-order valence-corrected chi connectivity index (χ3v) is 6.63. The molecule has 0 unspecified atom stereocenters. The van der Waals surface area contributed by atoms with Crippen LogP contribution < -0.4 is 16.0 Å². The summed E-state index contributed by atoms with van der Waals surface area (Å²) < 4.78 is 0. The van der Waals surface area contributed by atoms with Crippen LogP contribution in [0.5, 0.6) is 0 Å². The highest BCUT2D eigenvalue weighted by Gasteiger charge is 2.32. The van der Waals surface area contributed by atoms with Gasteiger partial charge in [0.2, 0.25) is 17.7 Å². The highest BCUT2D eigenvalue weighted by Crippen LogP contribution is 2.20. The van der Waals surface area contributed by atoms with Gasteiger partial charge in [0.15, 0.2) is 5.78 Å². The number of aliphatic hydroxyl groups excluding tert-OH is 5. The zero-order valence-corrected chi connectivity index (χ0v) is 25.1. The second-order valence-corrected chi connectivity index (χ2v) is 11.9. The number of carbonyl (C=O) groups excluding carboxylic acids is 4. The Labute approximate surface area is 238 Å². The quantitative estimate of drug-likeness (QED) is 0.0939. The van der Waals surface area contributed by atoms with E-state index in [0.29, 0.717) is 13.0 Å². The Morgan fingerprint density at radius 2 is 1.30 bits per heavy atom. The molecule has 0 aromatic rings. The van der Waals surface area contributed by atoms with E-state index < -0.39 is 61.4 Å². The maximum absolute atomic E-state index is 13.2. The minimum absolute atomic E-state index is 0.0114. The van der Waals surface area contributed by atoms with Gasteiger partial charge in [-0.1, -0.05) is 48.5 Å². The molecule has 0 aromatic carbocycles. The average Bonchev–Trinajstić information content (AvgIpc) is 2.88. The summed E-state index contributed by atoms with van der Waals surface area (Å²) in [6.07, 6.45) is -6.27. The second-order valence-electron chi connectivity index (χ2n) is 11.9. The normalized spacial score (nSPS) is 17.1. The molecule has 0 aliphatic rings. The minimum atomic E-state index is -1.80. The third-order valence-electron chi connectivity index (χ3n) is 6.63. The maximum Gasteiger partial charge on any atom is 0.223 e. The molecule has 0 bridgehead atoms. The van der Waals surface area contributed by atoms with E-state index in [1.807, 2.05) is 41.5 Å². The Bertz CT molecular complexity index is 791. The number of hydrogen-bond acceptors (Lipinski definition) is 9. The summed E-state index contributed by atoms with van der Waals surface area (Å²) >= 11 is 0. The van der Waals surface area contributed by atoms with E-state index in [-0.39, 0.29) is 54.6 Å². The lowest BCUT2D eigenvalue weighted by Crippen LogP contribution is -2.49. The van der Waals surface area contributed by atoms with Crippen LogP contribution in [0.4, 0.5) is 0 Å². The number of hydrogen-bond donors (Lipinski definition) is 8. The van der Waals surface area contributed by atoms with E-state index in [9.17, 15) is 39.6 Å². The van der Waals surface area contributed by atoms with Crippen LogP contribution in [0.2, 0.25) is 0 Å². The van der Waals surface area contributed by atoms with Crippen LogP contribution in [0.25, 0.3) is 0 Å². The number of Topliss-reactive ketones (excluding diaryl/α,β-unsaturated/α-hetero) is 1.